The van der Waals surface area contributed by atoms with Gasteiger partial charge in [0.25, 0.3) is 0 Å². The number of fused-ring (bicyclic) bond motifs is 4. The van der Waals surface area contributed by atoms with Gasteiger partial charge in [-0.3, -0.25) is 0 Å². The molecule has 8 rings (SSSR count). The second-order valence-corrected chi connectivity index (χ2v) is 21.3. The number of ether oxygens (including phenoxy) is 1. The number of hydrogen-bond donors (Lipinski definition) is 0. The number of hydrogen-bond acceptors (Lipinski definition) is 4. The van der Waals surface area contributed by atoms with Crippen LogP contribution in [0, 0.1) is 24.2 Å². The van der Waals surface area contributed by atoms with E-state index in [0.717, 1.165) is 55.9 Å². The molecule has 1 aliphatic heterocycles. The van der Waals surface area contributed by atoms with Crippen molar-refractivity contribution < 1.29 is 25.8 Å². The summed E-state index contributed by atoms with van der Waals surface area (Å²) in [6.07, 6.45) is 1.91. The van der Waals surface area contributed by atoms with Crippen LogP contribution in [-0.4, -0.2) is 9.55 Å². The van der Waals surface area contributed by atoms with Crippen LogP contribution < -0.4 is 14.5 Å². The SMILES string of the molecule is CC(C)(C)c1cc(Oc2[c-]c3c(cc2)c2ccccc2n3-c2cc(C(C)(C)C)ccn2)[c-]c(N2[CH-]N(c3cccc(C(C)(C)C(C)(C)C)c3)c3cc(C(C)(C)C)ccc32)c1.[Pt]. The van der Waals surface area contributed by atoms with Gasteiger partial charge in [-0.25, -0.2) is 4.98 Å². The van der Waals surface area contributed by atoms with Crippen LogP contribution in [0.5, 0.6) is 11.5 Å². The van der Waals surface area contributed by atoms with E-state index in [9.17, 15) is 0 Å². The second kappa shape index (κ2) is 15.5. The molecular weight excluding hydrogens is 928 g/mol. The fourth-order valence-electron chi connectivity index (χ4n) is 7.95. The van der Waals surface area contributed by atoms with Crippen molar-refractivity contribution in [2.45, 2.75) is 119 Å². The molecule has 0 N–H and O–H groups in total. The Morgan fingerprint density at radius 2 is 1.23 bits per heavy atom. The van der Waals surface area contributed by atoms with Crippen LogP contribution in [0.4, 0.5) is 22.7 Å². The predicted molar refractivity (Wildman–Crippen MR) is 253 cm³/mol. The number of aromatic nitrogens is 2. The normalized spacial score (nSPS) is 13.8. The Labute approximate surface area is 379 Å². The minimum Gasteiger partial charge on any atom is -0.509 e. The first-order valence-electron chi connectivity index (χ1n) is 21.4. The third-order valence-corrected chi connectivity index (χ3v) is 12.9. The molecule has 320 valence electrons. The fraction of sp³-hybridized carbons (Fsp3) is 0.345. The fourth-order valence-corrected chi connectivity index (χ4v) is 7.95. The van der Waals surface area contributed by atoms with Gasteiger partial charge in [0, 0.05) is 61.3 Å². The largest absolute Gasteiger partial charge is 0.509 e. The first-order chi connectivity index (χ1) is 28.0. The van der Waals surface area contributed by atoms with E-state index in [1.807, 2.05) is 12.3 Å². The van der Waals surface area contributed by atoms with Crippen molar-refractivity contribution in [3.05, 3.63) is 150 Å². The van der Waals surface area contributed by atoms with Crippen LogP contribution in [0.3, 0.4) is 0 Å². The smallest absolute Gasteiger partial charge is 0.135 e. The maximum atomic E-state index is 6.84. The number of anilines is 4. The van der Waals surface area contributed by atoms with Crippen LogP contribution in [0.1, 0.15) is 119 Å². The summed E-state index contributed by atoms with van der Waals surface area (Å²) in [6.45, 7) is 34.2. The first kappa shape index (κ1) is 44.2. The molecule has 0 bridgehead atoms. The van der Waals surface area contributed by atoms with Crippen LogP contribution in [0.15, 0.2) is 109 Å². The van der Waals surface area contributed by atoms with Gasteiger partial charge in [0.2, 0.25) is 0 Å². The summed E-state index contributed by atoms with van der Waals surface area (Å²) in [4.78, 5) is 9.49. The Hall–Kier alpha value is -4.86. The monoisotopic (exact) mass is 988 g/mol. The standard InChI is InChI=1S/C55H61N4O.Pt/c1-51(2,3)36-22-25-47-49(31-36)57(40-19-17-18-38(28-40)55(13,14)54(10,11)12)35-58(47)41-29-39(53(7,8)9)30-43(33-41)60-42-23-24-45-44-20-15-16-21-46(44)59(48(45)34-42)50-32-37(26-27-56-50)52(4,5)6;/h15-32,35H,1-14H3;/q-3;. The van der Waals surface area contributed by atoms with E-state index in [1.54, 1.807) is 0 Å². The third-order valence-electron chi connectivity index (χ3n) is 12.9. The minimum atomic E-state index is -0.156. The van der Waals surface area contributed by atoms with Gasteiger partial charge in [-0.2, -0.15) is 6.07 Å². The number of para-hydroxylation sites is 1. The van der Waals surface area contributed by atoms with Crippen LogP contribution in [-0.2, 0) is 42.7 Å². The topological polar surface area (TPSA) is 33.5 Å². The van der Waals surface area contributed by atoms with E-state index in [4.69, 9.17) is 9.72 Å². The number of rotatable bonds is 6. The molecule has 2 aromatic heterocycles. The number of benzene rings is 5. The molecule has 0 spiro atoms. The van der Waals surface area contributed by atoms with Crippen molar-refractivity contribution in [2.75, 3.05) is 9.80 Å². The van der Waals surface area contributed by atoms with Gasteiger partial charge in [0.1, 0.15) is 5.82 Å². The van der Waals surface area contributed by atoms with Crippen molar-refractivity contribution in [3.8, 4) is 17.3 Å². The van der Waals surface area contributed by atoms with Crippen LogP contribution >= 0.6 is 0 Å². The Bertz CT molecular complexity index is 2750. The quantitative estimate of drug-likeness (QED) is 0.156. The maximum absolute atomic E-state index is 6.84. The molecule has 3 heterocycles. The zero-order valence-corrected chi connectivity index (χ0v) is 40.8. The molecular formula is C55H61N4OPt-3. The maximum Gasteiger partial charge on any atom is 0.135 e. The molecule has 0 unspecified atom stereocenters. The van der Waals surface area contributed by atoms with Crippen LogP contribution in [0.25, 0.3) is 27.6 Å². The van der Waals surface area contributed by atoms with E-state index in [-0.39, 0.29) is 48.1 Å². The Balaban J connectivity index is 0.00000561. The molecule has 0 radical (unpaired) electrons. The molecule has 0 atom stereocenters. The summed E-state index contributed by atoms with van der Waals surface area (Å²) in [6, 6.07) is 44.7. The average molecular weight is 989 g/mol. The van der Waals surface area contributed by atoms with Crippen molar-refractivity contribution in [2.24, 2.45) is 5.41 Å². The molecule has 0 saturated heterocycles. The Kier molecular flexibility index (Phi) is 11.2. The Morgan fingerprint density at radius 3 is 1.92 bits per heavy atom. The minimum absolute atomic E-state index is 0. The van der Waals surface area contributed by atoms with E-state index in [0.29, 0.717) is 11.5 Å². The number of nitrogens with zero attached hydrogens (tertiary/aromatic N) is 4. The van der Waals surface area contributed by atoms with Gasteiger partial charge in [-0.15, -0.1) is 53.6 Å². The summed E-state index contributed by atoms with van der Waals surface area (Å²) in [5.41, 5.74) is 11.1. The predicted octanol–water partition coefficient (Wildman–Crippen LogP) is 15.2. The van der Waals surface area contributed by atoms with Gasteiger partial charge in [0.15, 0.2) is 0 Å². The average Bonchev–Trinajstić information content (AvgIpc) is 3.72. The molecule has 61 heavy (non-hydrogen) atoms. The molecule has 0 saturated carbocycles. The summed E-state index contributed by atoms with van der Waals surface area (Å²) < 4.78 is 9.05. The van der Waals surface area contributed by atoms with Crippen molar-refractivity contribution >= 4 is 44.6 Å². The van der Waals surface area contributed by atoms with Gasteiger partial charge in [-0.05, 0) is 91.6 Å². The van der Waals surface area contributed by atoms with Crippen molar-refractivity contribution in [3.63, 3.8) is 0 Å². The molecule has 5 nitrogen and oxygen atoms in total. The molecule has 6 heteroatoms. The molecule has 1 aliphatic rings. The third kappa shape index (κ3) is 8.28. The second-order valence-electron chi connectivity index (χ2n) is 21.3. The van der Waals surface area contributed by atoms with E-state index < -0.39 is 0 Å². The molecule has 7 aromatic rings. The summed E-state index contributed by atoms with van der Waals surface area (Å²) in [5.74, 6) is 2.12. The zero-order chi connectivity index (χ0) is 43.2. The Morgan fingerprint density at radius 1 is 0.541 bits per heavy atom. The number of pyridine rings is 1. The van der Waals surface area contributed by atoms with E-state index >= 15 is 0 Å². The summed E-state index contributed by atoms with van der Waals surface area (Å²) in [7, 11) is 0. The molecule has 0 aliphatic carbocycles. The molecule has 0 fully saturated rings. The van der Waals surface area contributed by atoms with Gasteiger partial charge < -0.3 is 19.1 Å². The molecule has 0 amide bonds. The van der Waals surface area contributed by atoms with Crippen LogP contribution in [0.2, 0.25) is 0 Å². The van der Waals surface area contributed by atoms with Crippen molar-refractivity contribution in [1.82, 2.24) is 9.55 Å². The van der Waals surface area contributed by atoms with Gasteiger partial charge in [0.05, 0.1) is 0 Å². The zero-order valence-electron chi connectivity index (χ0n) is 38.5. The summed E-state index contributed by atoms with van der Waals surface area (Å²) in [5, 5.41) is 2.25. The van der Waals surface area contributed by atoms with Crippen molar-refractivity contribution in [1.29, 1.82) is 0 Å². The van der Waals surface area contributed by atoms with Gasteiger partial charge in [-0.1, -0.05) is 139 Å². The van der Waals surface area contributed by atoms with Gasteiger partial charge >= 0.3 is 0 Å². The first-order valence-corrected chi connectivity index (χ1v) is 21.4. The molecule has 5 aromatic carbocycles. The van der Waals surface area contributed by atoms with E-state index in [1.165, 1.54) is 16.7 Å². The van der Waals surface area contributed by atoms with E-state index in [2.05, 4.69) is 227 Å². The summed E-state index contributed by atoms with van der Waals surface area (Å²) >= 11 is 0.